The van der Waals surface area contributed by atoms with Crippen LogP contribution < -0.4 is 49.0 Å². The second kappa shape index (κ2) is 23.0. The maximum Gasteiger partial charge on any atom is 0.349 e. The molecule has 0 bridgehead atoms. The van der Waals surface area contributed by atoms with Crippen LogP contribution in [-0.4, -0.2) is 112 Å². The number of carboxylic acid groups (broad SMARTS) is 1. The summed E-state index contributed by atoms with van der Waals surface area (Å²) < 4.78 is 5.32. The summed E-state index contributed by atoms with van der Waals surface area (Å²) in [5.41, 5.74) is 10.4. The Morgan fingerprint density at radius 3 is 2.03 bits per heavy atom. The van der Waals surface area contributed by atoms with E-state index in [9.17, 15) is 43.8 Å². The van der Waals surface area contributed by atoms with Crippen molar-refractivity contribution in [2.75, 3.05) is 19.6 Å². The molecule has 1 saturated heterocycles. The Morgan fingerprint density at radius 1 is 0.823 bits per heavy atom. The summed E-state index contributed by atoms with van der Waals surface area (Å²) in [6, 6.07) is 7.63. The lowest BCUT2D eigenvalue weighted by molar-refractivity contribution is -0.142. The van der Waals surface area contributed by atoms with Gasteiger partial charge in [0.25, 0.3) is 5.91 Å². The number of nitrogens with zero attached hydrogens (tertiary/aromatic N) is 1. The summed E-state index contributed by atoms with van der Waals surface area (Å²) in [5, 5.41) is 50.6. The molecule has 1 aromatic heterocycles. The number of para-hydroxylation sites is 1. The van der Waals surface area contributed by atoms with Crippen LogP contribution in [0, 0.1) is 10.8 Å². The standard InChI is InChI=1S/C41H55N11O10/c1-2-8-27(34(55)51-30(38(59)60)21-23-14-16-25(53)17-15-23)48-35(56)28(10-5-18-46-40(42)43)49-36(57)31-12-7-20-52(31)37(58)29(11-6-19-47-41(44)45)50-33(54)26-22-24-9-3-4-13-32(24)62-39(26)61/h3-4,9,13-17,22,27-31,53H,2,5-8,10-12,18-21H2,1H3,(H,48,56)(H,49,57)(H,50,54)(H,51,55)(H,59,60)(H4,42,43,46)(H4,44,45,47)/t27-,28-,29-,30-,31-/m0/s1. The van der Waals surface area contributed by atoms with Crippen LogP contribution in [-0.2, 0) is 30.4 Å². The lowest BCUT2D eigenvalue weighted by Gasteiger charge is -2.30. The van der Waals surface area contributed by atoms with E-state index in [2.05, 4.69) is 31.9 Å². The molecule has 1 aliphatic rings. The Morgan fingerprint density at radius 2 is 1.42 bits per heavy atom. The number of guanidine groups is 2. The van der Waals surface area contributed by atoms with Gasteiger partial charge in [0, 0.05) is 31.4 Å². The zero-order chi connectivity index (χ0) is 45.3. The summed E-state index contributed by atoms with van der Waals surface area (Å²) in [6.45, 7) is 2.23. The summed E-state index contributed by atoms with van der Waals surface area (Å²) in [5.74, 6) is -5.66. The predicted octanol–water partition coefficient (Wildman–Crippen LogP) is -0.304. The Balaban J connectivity index is 1.51. The number of fused-ring (bicyclic) bond motifs is 1. The highest BCUT2D eigenvalue weighted by Gasteiger charge is 2.39. The molecule has 334 valence electrons. The van der Waals surface area contributed by atoms with E-state index in [-0.39, 0.29) is 93.4 Å². The van der Waals surface area contributed by atoms with E-state index >= 15 is 0 Å². The average molecular weight is 862 g/mol. The Kier molecular flexibility index (Phi) is 17.6. The molecule has 0 saturated carbocycles. The minimum absolute atomic E-state index is 0.00770. The zero-order valence-electron chi connectivity index (χ0n) is 34.3. The van der Waals surface area contributed by atoms with Crippen molar-refractivity contribution in [2.45, 2.75) is 94.9 Å². The second-order valence-electron chi connectivity index (χ2n) is 14.8. The van der Waals surface area contributed by atoms with Gasteiger partial charge in [0.2, 0.25) is 23.6 Å². The molecular formula is C41H55N11O10. The highest BCUT2D eigenvalue weighted by Crippen LogP contribution is 2.21. The number of nitrogens with one attached hydrogen (secondary N) is 8. The summed E-state index contributed by atoms with van der Waals surface area (Å²) in [6.07, 6.45) is 1.56. The number of carbonyl (C=O) groups excluding carboxylic acids is 5. The fourth-order valence-corrected chi connectivity index (χ4v) is 6.98. The van der Waals surface area contributed by atoms with Crippen molar-refractivity contribution >= 4 is 58.4 Å². The summed E-state index contributed by atoms with van der Waals surface area (Å²) in [4.78, 5) is 95.4. The lowest BCUT2D eigenvalue weighted by Crippen LogP contribution is -2.58. The van der Waals surface area contributed by atoms with Crippen molar-refractivity contribution in [1.29, 1.82) is 10.8 Å². The quantitative estimate of drug-likeness (QED) is 0.0267. The van der Waals surface area contributed by atoms with Crippen molar-refractivity contribution in [3.8, 4) is 5.75 Å². The van der Waals surface area contributed by atoms with Gasteiger partial charge in [0.15, 0.2) is 11.9 Å². The summed E-state index contributed by atoms with van der Waals surface area (Å²) in [7, 11) is 0. The van der Waals surface area contributed by atoms with Gasteiger partial charge in [-0.2, -0.15) is 0 Å². The van der Waals surface area contributed by atoms with Crippen LogP contribution in [0.4, 0.5) is 0 Å². The normalized spacial score (nSPS) is 15.3. The Hall–Kier alpha value is -7.19. The number of nitrogens with two attached hydrogens (primary N) is 2. The van der Waals surface area contributed by atoms with Gasteiger partial charge in [-0.1, -0.05) is 43.7 Å². The molecular weight excluding hydrogens is 807 g/mol. The number of phenolic OH excluding ortho intramolecular Hbond substituents is 1. The van der Waals surface area contributed by atoms with Gasteiger partial charge in [-0.3, -0.25) is 34.8 Å². The van der Waals surface area contributed by atoms with Gasteiger partial charge in [-0.25, -0.2) is 9.59 Å². The first-order valence-corrected chi connectivity index (χ1v) is 20.3. The highest BCUT2D eigenvalue weighted by atomic mass is 16.4. The van der Waals surface area contributed by atoms with Gasteiger partial charge >= 0.3 is 11.6 Å². The van der Waals surface area contributed by atoms with Gasteiger partial charge < -0.3 is 62.9 Å². The molecule has 0 radical (unpaired) electrons. The molecule has 0 unspecified atom stereocenters. The molecule has 21 heteroatoms. The molecule has 14 N–H and O–H groups in total. The van der Waals surface area contributed by atoms with E-state index in [0.29, 0.717) is 23.8 Å². The predicted molar refractivity (Wildman–Crippen MR) is 227 cm³/mol. The zero-order valence-corrected chi connectivity index (χ0v) is 34.3. The maximum absolute atomic E-state index is 14.2. The molecule has 62 heavy (non-hydrogen) atoms. The minimum Gasteiger partial charge on any atom is -0.508 e. The van der Waals surface area contributed by atoms with Crippen molar-refractivity contribution < 1.29 is 43.4 Å². The number of phenols is 1. The Bertz CT molecular complexity index is 2160. The third kappa shape index (κ3) is 13.9. The van der Waals surface area contributed by atoms with E-state index in [1.165, 1.54) is 35.2 Å². The van der Waals surface area contributed by atoms with E-state index in [0.717, 1.165) is 0 Å². The summed E-state index contributed by atoms with van der Waals surface area (Å²) >= 11 is 0. The second-order valence-corrected chi connectivity index (χ2v) is 14.8. The number of aromatic hydroxyl groups is 1. The fraction of sp³-hybridized carbons (Fsp3) is 0.439. The van der Waals surface area contributed by atoms with E-state index in [4.69, 9.17) is 26.7 Å². The number of hydrogen-bond donors (Lipinski definition) is 12. The lowest BCUT2D eigenvalue weighted by atomic mass is 10.0. The smallest absolute Gasteiger partial charge is 0.349 e. The molecule has 2 heterocycles. The van der Waals surface area contributed by atoms with Crippen molar-refractivity contribution in [2.24, 2.45) is 11.5 Å². The molecule has 3 aromatic rings. The van der Waals surface area contributed by atoms with Crippen LogP contribution in [0.25, 0.3) is 11.0 Å². The molecule has 0 spiro atoms. The topological polar surface area (TPSA) is 348 Å². The maximum atomic E-state index is 14.2. The van der Waals surface area contributed by atoms with Crippen molar-refractivity contribution in [3.63, 3.8) is 0 Å². The van der Waals surface area contributed by atoms with E-state index in [1.54, 1.807) is 31.2 Å². The van der Waals surface area contributed by atoms with Gasteiger partial charge in [0.1, 0.15) is 47.1 Å². The molecule has 5 amide bonds. The SMILES string of the molecule is CCC[C@H](NC(=O)[C@H](CCCNC(=N)N)NC(=O)[C@@H]1CCCN1C(=O)[C@H](CCCNC(=N)N)NC(=O)c1cc2ccccc2oc1=O)C(=O)N[C@@H](Cc1ccc(O)cc1)C(=O)O. The largest absolute Gasteiger partial charge is 0.508 e. The molecule has 2 aromatic carbocycles. The first-order valence-electron chi connectivity index (χ1n) is 20.3. The van der Waals surface area contributed by atoms with Gasteiger partial charge in [-0.15, -0.1) is 0 Å². The third-order valence-electron chi connectivity index (χ3n) is 10.1. The number of carbonyl (C=O) groups is 6. The molecule has 1 aliphatic heterocycles. The molecule has 5 atom stereocenters. The number of likely N-dealkylation sites (tertiary alicyclic amines) is 1. The van der Waals surface area contributed by atoms with Crippen LogP contribution in [0.2, 0.25) is 0 Å². The van der Waals surface area contributed by atoms with E-state index in [1.807, 2.05) is 0 Å². The fourth-order valence-electron chi connectivity index (χ4n) is 6.98. The van der Waals surface area contributed by atoms with Crippen molar-refractivity contribution in [1.82, 2.24) is 36.8 Å². The van der Waals surface area contributed by atoms with Crippen LogP contribution in [0.1, 0.15) is 74.2 Å². The number of hydrogen-bond acceptors (Lipinski definition) is 11. The minimum atomic E-state index is -1.37. The third-order valence-corrected chi connectivity index (χ3v) is 10.1. The molecule has 21 nitrogen and oxygen atoms in total. The molecule has 4 rings (SSSR count). The van der Waals surface area contributed by atoms with Gasteiger partial charge in [0.05, 0.1) is 0 Å². The first-order chi connectivity index (χ1) is 29.6. The van der Waals surface area contributed by atoms with Crippen molar-refractivity contribution in [3.05, 3.63) is 76.1 Å². The monoisotopic (exact) mass is 861 g/mol. The van der Waals surface area contributed by atoms with Crippen LogP contribution >= 0.6 is 0 Å². The number of amides is 5. The average Bonchev–Trinajstić information content (AvgIpc) is 3.73. The van der Waals surface area contributed by atoms with Crippen LogP contribution in [0.5, 0.6) is 5.75 Å². The number of rotatable bonds is 22. The number of carboxylic acids is 1. The molecule has 1 fully saturated rings. The highest BCUT2D eigenvalue weighted by molar-refractivity contribution is 6.00. The number of aliphatic carboxylic acids is 1. The Labute approximate surface area is 356 Å². The molecule has 0 aliphatic carbocycles. The van der Waals surface area contributed by atoms with Gasteiger partial charge in [-0.05, 0) is 74.8 Å². The van der Waals surface area contributed by atoms with Crippen LogP contribution in [0.3, 0.4) is 0 Å². The number of benzene rings is 2. The first kappa shape index (κ1) is 47.5. The van der Waals surface area contributed by atoms with Crippen LogP contribution in [0.15, 0.2) is 63.8 Å². The van der Waals surface area contributed by atoms with E-state index < -0.39 is 71.3 Å².